The third-order valence-electron chi connectivity index (χ3n) is 2.54. The lowest BCUT2D eigenvalue weighted by molar-refractivity contribution is 0.0793. The highest BCUT2D eigenvalue weighted by molar-refractivity contribution is 9.10. The van der Waals surface area contributed by atoms with Gasteiger partial charge < -0.3 is 4.43 Å². The second-order valence-corrected chi connectivity index (χ2v) is 8.91. The average molecular weight is 337 g/mol. The summed E-state index contributed by atoms with van der Waals surface area (Å²) in [6.07, 6.45) is -0.568. The molecule has 0 N–H and O–H groups in total. The molecule has 1 aromatic rings. The van der Waals surface area contributed by atoms with Crippen molar-refractivity contribution in [3.8, 4) is 0 Å². The highest BCUT2D eigenvalue weighted by Gasteiger charge is 2.33. The molecule has 0 spiro atoms. The van der Waals surface area contributed by atoms with Crippen LogP contribution in [-0.4, -0.2) is 9.04 Å². The van der Waals surface area contributed by atoms with E-state index in [0.717, 1.165) is 0 Å². The van der Waals surface area contributed by atoms with Crippen molar-refractivity contribution in [1.29, 1.82) is 0 Å². The summed E-state index contributed by atoms with van der Waals surface area (Å²) in [5, 5.41) is 0. The molecule has 5 heteroatoms. The summed E-state index contributed by atoms with van der Waals surface area (Å²) in [5.74, 6) is -1.12. The van der Waals surface area contributed by atoms with Crippen molar-refractivity contribution in [3.63, 3.8) is 0 Å². The molecule has 0 radical (unpaired) electrons. The Hall–Kier alpha value is -0.263. The number of rotatable bonds is 3. The minimum Gasteiger partial charge on any atom is -0.413 e. The minimum absolute atomic E-state index is 0.0260. The molecule has 0 aromatic heterocycles. The summed E-state index contributed by atoms with van der Waals surface area (Å²) in [6.45, 7) is 9.76. The zero-order valence-corrected chi connectivity index (χ0v) is 14.1. The van der Waals surface area contributed by atoms with Crippen LogP contribution in [0.1, 0.15) is 32.4 Å². The Bertz CT molecular complexity index is 430. The van der Waals surface area contributed by atoms with Gasteiger partial charge in [-0.15, -0.1) is 0 Å². The van der Waals surface area contributed by atoms with Crippen LogP contribution in [-0.2, 0) is 4.43 Å². The average Bonchev–Trinajstić information content (AvgIpc) is 2.21. The van der Waals surface area contributed by atoms with Gasteiger partial charge in [0.15, 0.2) is 9.04 Å². The predicted molar refractivity (Wildman–Crippen MR) is 76.2 cm³/mol. The third kappa shape index (κ3) is 3.62. The van der Waals surface area contributed by atoms with Crippen molar-refractivity contribution in [2.24, 2.45) is 5.41 Å². The Morgan fingerprint density at radius 3 is 2.22 bits per heavy atom. The lowest BCUT2D eigenvalue weighted by Gasteiger charge is -2.33. The summed E-state index contributed by atoms with van der Waals surface area (Å²) in [5.41, 5.74) is -0.335. The van der Waals surface area contributed by atoms with E-state index in [0.29, 0.717) is 0 Å². The molecular formula is C13H19BrF2OSi. The zero-order chi connectivity index (χ0) is 14.1. The third-order valence-corrected chi connectivity index (χ3v) is 3.97. The van der Waals surface area contributed by atoms with Crippen LogP contribution >= 0.6 is 15.9 Å². The Labute approximate surface area is 117 Å². The topological polar surface area (TPSA) is 9.23 Å². The second-order valence-electron chi connectivity index (χ2n) is 5.69. The summed E-state index contributed by atoms with van der Waals surface area (Å²) < 4.78 is 34.2. The Kier molecular flexibility index (Phi) is 5.09. The molecule has 0 saturated carbocycles. The smallest absolute Gasteiger partial charge is 0.171 e. The molecule has 0 aliphatic heterocycles. The monoisotopic (exact) mass is 336 g/mol. The summed E-state index contributed by atoms with van der Waals surface area (Å²) in [6, 6.07) is 2.65. The van der Waals surface area contributed by atoms with Crippen LogP contribution in [0, 0.1) is 17.0 Å². The van der Waals surface area contributed by atoms with E-state index >= 15 is 0 Å². The van der Waals surface area contributed by atoms with Crippen LogP contribution in [0.15, 0.2) is 16.6 Å². The SMILES string of the molecule is C[SiH](C)OC(c1c(F)ccc(Br)c1F)C(C)(C)C. The molecule has 0 aliphatic rings. The molecule has 0 saturated heterocycles. The van der Waals surface area contributed by atoms with E-state index in [9.17, 15) is 8.78 Å². The van der Waals surface area contributed by atoms with Crippen molar-refractivity contribution in [2.45, 2.75) is 40.0 Å². The first-order chi connectivity index (χ1) is 8.14. The Morgan fingerprint density at radius 1 is 1.22 bits per heavy atom. The molecule has 1 unspecified atom stereocenters. The maximum atomic E-state index is 14.1. The quantitative estimate of drug-likeness (QED) is 0.568. The van der Waals surface area contributed by atoms with Gasteiger partial charge >= 0.3 is 0 Å². The minimum atomic E-state index is -1.40. The molecule has 1 nitrogen and oxygen atoms in total. The summed E-state index contributed by atoms with van der Waals surface area (Å²) >= 11 is 3.10. The van der Waals surface area contributed by atoms with Gasteiger partial charge in [-0.05, 0) is 46.6 Å². The van der Waals surface area contributed by atoms with Crippen LogP contribution in [0.3, 0.4) is 0 Å². The van der Waals surface area contributed by atoms with Crippen LogP contribution in [0.4, 0.5) is 8.78 Å². The lowest BCUT2D eigenvalue weighted by atomic mass is 9.84. The van der Waals surface area contributed by atoms with Crippen molar-refractivity contribution in [3.05, 3.63) is 33.8 Å². The normalized spacial score (nSPS) is 14.1. The van der Waals surface area contributed by atoms with Crippen LogP contribution in [0.5, 0.6) is 0 Å². The standard InChI is InChI=1S/C13H19BrF2OSi/c1-13(2,3)12(17-18(4)5)10-9(15)7-6-8(14)11(10)16/h6-7,12,18H,1-5H3. The number of benzene rings is 1. The molecule has 0 fully saturated rings. The molecule has 18 heavy (non-hydrogen) atoms. The van der Waals surface area contributed by atoms with E-state index in [1.807, 2.05) is 33.9 Å². The first-order valence-electron chi connectivity index (χ1n) is 5.93. The van der Waals surface area contributed by atoms with Gasteiger partial charge in [0, 0.05) is 0 Å². The van der Waals surface area contributed by atoms with E-state index in [1.54, 1.807) is 0 Å². The number of hydrogen-bond donors (Lipinski definition) is 0. The van der Waals surface area contributed by atoms with E-state index < -0.39 is 26.8 Å². The largest absolute Gasteiger partial charge is 0.413 e. The molecule has 1 rings (SSSR count). The van der Waals surface area contributed by atoms with Crippen LogP contribution in [0.2, 0.25) is 13.1 Å². The highest BCUT2D eigenvalue weighted by atomic mass is 79.9. The van der Waals surface area contributed by atoms with Crippen molar-refractivity contribution < 1.29 is 13.2 Å². The summed E-state index contributed by atoms with van der Waals surface area (Å²) in [7, 11) is -1.40. The molecule has 102 valence electrons. The highest BCUT2D eigenvalue weighted by Crippen LogP contribution is 2.40. The molecule has 1 atom stereocenters. The number of hydrogen-bond acceptors (Lipinski definition) is 1. The number of halogens is 3. The maximum Gasteiger partial charge on any atom is 0.171 e. The van der Waals surface area contributed by atoms with Gasteiger partial charge in [-0.2, -0.15) is 0 Å². The van der Waals surface area contributed by atoms with Crippen molar-refractivity contribution in [1.82, 2.24) is 0 Å². The molecule has 0 heterocycles. The van der Waals surface area contributed by atoms with Crippen LogP contribution < -0.4 is 0 Å². The van der Waals surface area contributed by atoms with Gasteiger partial charge in [0.2, 0.25) is 0 Å². The molecule has 0 aliphatic carbocycles. The first-order valence-corrected chi connectivity index (χ1v) is 9.50. The van der Waals surface area contributed by atoms with Crippen LogP contribution in [0.25, 0.3) is 0 Å². The van der Waals surface area contributed by atoms with Crippen molar-refractivity contribution in [2.75, 3.05) is 0 Å². The van der Waals surface area contributed by atoms with Gasteiger partial charge in [-0.25, -0.2) is 8.78 Å². The second kappa shape index (κ2) is 5.80. The maximum absolute atomic E-state index is 14.1. The molecular weight excluding hydrogens is 318 g/mol. The Morgan fingerprint density at radius 2 is 1.78 bits per heavy atom. The molecule has 1 aromatic carbocycles. The van der Waals surface area contributed by atoms with Gasteiger partial charge in [0.25, 0.3) is 0 Å². The van der Waals surface area contributed by atoms with E-state index in [1.165, 1.54) is 12.1 Å². The first kappa shape index (κ1) is 15.8. The van der Waals surface area contributed by atoms with E-state index in [2.05, 4.69) is 15.9 Å². The zero-order valence-electron chi connectivity index (χ0n) is 11.4. The van der Waals surface area contributed by atoms with E-state index in [4.69, 9.17) is 4.43 Å². The fourth-order valence-electron chi connectivity index (χ4n) is 1.76. The fourth-order valence-corrected chi connectivity index (χ4v) is 3.19. The Balaban J connectivity index is 3.34. The van der Waals surface area contributed by atoms with Gasteiger partial charge in [0.1, 0.15) is 11.6 Å². The predicted octanol–water partition coefficient (Wildman–Crippen LogP) is 4.81. The fraction of sp³-hybridized carbons (Fsp3) is 0.538. The lowest BCUT2D eigenvalue weighted by Crippen LogP contribution is -2.27. The van der Waals surface area contributed by atoms with Crippen molar-refractivity contribution >= 4 is 25.0 Å². The van der Waals surface area contributed by atoms with Gasteiger partial charge in [-0.1, -0.05) is 20.8 Å². The summed E-state index contributed by atoms with van der Waals surface area (Å²) in [4.78, 5) is 0. The van der Waals surface area contributed by atoms with E-state index in [-0.39, 0.29) is 15.5 Å². The van der Waals surface area contributed by atoms with Gasteiger partial charge in [-0.3, -0.25) is 0 Å². The molecule has 0 amide bonds. The molecule has 0 bridgehead atoms. The van der Waals surface area contributed by atoms with Gasteiger partial charge in [0.05, 0.1) is 16.1 Å².